The summed E-state index contributed by atoms with van der Waals surface area (Å²) < 4.78 is 1.01. The van der Waals surface area contributed by atoms with Crippen molar-refractivity contribution in [1.29, 1.82) is 0 Å². The fourth-order valence-electron chi connectivity index (χ4n) is 2.25. The van der Waals surface area contributed by atoms with Crippen LogP contribution in [0.25, 0.3) is 10.8 Å². The molecule has 4 heteroatoms. The Morgan fingerprint density at radius 2 is 1.86 bits per heavy atom. The highest BCUT2D eigenvalue weighted by molar-refractivity contribution is 9.10. The van der Waals surface area contributed by atoms with Gasteiger partial charge in [0.2, 0.25) is 0 Å². The average Bonchev–Trinajstić information content (AvgIpc) is 2.50. The Morgan fingerprint density at radius 1 is 1.10 bits per heavy atom. The van der Waals surface area contributed by atoms with Gasteiger partial charge in [-0.1, -0.05) is 40.2 Å². The first-order valence-corrected chi connectivity index (χ1v) is 7.36. The molecule has 0 saturated heterocycles. The van der Waals surface area contributed by atoms with Crippen LogP contribution in [-0.2, 0) is 0 Å². The van der Waals surface area contributed by atoms with Crippen LogP contribution in [0.1, 0.15) is 16.1 Å². The largest absolute Gasteiger partial charge is 0.321 e. The molecule has 0 unspecified atom stereocenters. The second-order valence-electron chi connectivity index (χ2n) is 4.78. The third-order valence-corrected chi connectivity index (χ3v) is 3.97. The first kappa shape index (κ1) is 13.8. The number of fused-ring (bicyclic) bond motifs is 1. The molecular formula is C17H13BrN2O. The molecule has 2 aromatic carbocycles. The molecule has 0 aliphatic heterocycles. The van der Waals surface area contributed by atoms with Gasteiger partial charge in [0.25, 0.3) is 5.91 Å². The summed E-state index contributed by atoms with van der Waals surface area (Å²) in [6.45, 7) is 1.87. The van der Waals surface area contributed by atoms with E-state index in [0.29, 0.717) is 5.56 Å². The normalized spacial score (nSPS) is 10.6. The SMILES string of the molecule is Cc1cc(C(=O)Nc2ccc(Br)c3ccccc23)ccn1. The van der Waals surface area contributed by atoms with Gasteiger partial charge in [0.1, 0.15) is 0 Å². The van der Waals surface area contributed by atoms with Crippen molar-refractivity contribution in [2.75, 3.05) is 5.32 Å². The van der Waals surface area contributed by atoms with Crippen molar-refractivity contribution in [3.8, 4) is 0 Å². The number of nitrogens with zero attached hydrogens (tertiary/aromatic N) is 1. The lowest BCUT2D eigenvalue weighted by Gasteiger charge is -2.10. The Hall–Kier alpha value is -2.20. The molecule has 0 radical (unpaired) electrons. The highest BCUT2D eigenvalue weighted by Crippen LogP contribution is 2.30. The zero-order chi connectivity index (χ0) is 14.8. The van der Waals surface area contributed by atoms with Crippen molar-refractivity contribution in [3.05, 3.63) is 70.5 Å². The number of carbonyl (C=O) groups is 1. The predicted octanol–water partition coefficient (Wildman–Crippen LogP) is 4.56. The van der Waals surface area contributed by atoms with E-state index in [0.717, 1.165) is 26.6 Å². The topological polar surface area (TPSA) is 42.0 Å². The molecule has 1 amide bonds. The Balaban J connectivity index is 1.99. The fraction of sp³-hybridized carbons (Fsp3) is 0.0588. The monoisotopic (exact) mass is 340 g/mol. The second kappa shape index (κ2) is 5.66. The van der Waals surface area contributed by atoms with Crippen LogP contribution in [0.4, 0.5) is 5.69 Å². The molecule has 21 heavy (non-hydrogen) atoms. The molecule has 1 heterocycles. The Morgan fingerprint density at radius 3 is 2.62 bits per heavy atom. The maximum absolute atomic E-state index is 12.3. The number of aromatic nitrogens is 1. The standard InChI is InChI=1S/C17H13BrN2O/c1-11-10-12(8-9-19-11)17(21)20-16-7-6-15(18)13-4-2-3-5-14(13)16/h2-10H,1H3,(H,20,21). The second-order valence-corrected chi connectivity index (χ2v) is 5.63. The number of nitrogens with one attached hydrogen (secondary N) is 1. The van der Waals surface area contributed by atoms with Crippen LogP contribution in [0.5, 0.6) is 0 Å². The fourth-order valence-corrected chi connectivity index (χ4v) is 2.73. The van der Waals surface area contributed by atoms with Crippen LogP contribution in [-0.4, -0.2) is 10.9 Å². The molecule has 3 rings (SSSR count). The van der Waals surface area contributed by atoms with Crippen molar-refractivity contribution in [1.82, 2.24) is 4.98 Å². The van der Waals surface area contributed by atoms with E-state index < -0.39 is 0 Å². The first-order valence-electron chi connectivity index (χ1n) is 6.56. The number of hydrogen-bond acceptors (Lipinski definition) is 2. The molecule has 0 spiro atoms. The maximum Gasteiger partial charge on any atom is 0.255 e. The third-order valence-electron chi connectivity index (χ3n) is 3.28. The minimum Gasteiger partial charge on any atom is -0.321 e. The van der Waals surface area contributed by atoms with Crippen molar-refractivity contribution in [2.45, 2.75) is 6.92 Å². The first-order chi connectivity index (χ1) is 10.1. The van der Waals surface area contributed by atoms with Crippen molar-refractivity contribution in [3.63, 3.8) is 0 Å². The lowest BCUT2D eigenvalue weighted by molar-refractivity contribution is 0.102. The van der Waals surface area contributed by atoms with E-state index in [9.17, 15) is 4.79 Å². The zero-order valence-electron chi connectivity index (χ0n) is 11.4. The number of amides is 1. The highest BCUT2D eigenvalue weighted by Gasteiger charge is 2.09. The van der Waals surface area contributed by atoms with Gasteiger partial charge in [0, 0.05) is 33.0 Å². The van der Waals surface area contributed by atoms with Gasteiger partial charge in [-0.05, 0) is 36.6 Å². The molecular weight excluding hydrogens is 328 g/mol. The van der Waals surface area contributed by atoms with Crippen molar-refractivity contribution >= 4 is 38.3 Å². The summed E-state index contributed by atoms with van der Waals surface area (Å²) in [7, 11) is 0. The van der Waals surface area contributed by atoms with E-state index in [1.54, 1.807) is 18.3 Å². The summed E-state index contributed by atoms with van der Waals surface area (Å²) in [5.74, 6) is -0.132. The number of hydrogen-bond donors (Lipinski definition) is 1. The lowest BCUT2D eigenvalue weighted by Crippen LogP contribution is -2.12. The molecule has 0 fully saturated rings. The summed E-state index contributed by atoms with van der Waals surface area (Å²) in [4.78, 5) is 16.4. The van der Waals surface area contributed by atoms with Gasteiger partial charge in [-0.2, -0.15) is 0 Å². The van der Waals surface area contributed by atoms with Gasteiger partial charge in [0.15, 0.2) is 0 Å². The molecule has 0 saturated carbocycles. The van der Waals surface area contributed by atoms with Gasteiger partial charge < -0.3 is 5.32 Å². The van der Waals surface area contributed by atoms with Gasteiger partial charge in [-0.3, -0.25) is 9.78 Å². The minimum atomic E-state index is -0.132. The molecule has 1 N–H and O–H groups in total. The molecule has 3 nitrogen and oxygen atoms in total. The van der Waals surface area contributed by atoms with Crippen LogP contribution >= 0.6 is 15.9 Å². The van der Waals surface area contributed by atoms with E-state index >= 15 is 0 Å². The Kier molecular flexibility index (Phi) is 3.71. The summed E-state index contributed by atoms with van der Waals surface area (Å²) in [6, 6.07) is 15.3. The Labute approximate surface area is 131 Å². The Bertz CT molecular complexity index is 830. The smallest absolute Gasteiger partial charge is 0.255 e. The van der Waals surface area contributed by atoms with Crippen molar-refractivity contribution in [2.24, 2.45) is 0 Å². The predicted molar refractivity (Wildman–Crippen MR) is 88.6 cm³/mol. The maximum atomic E-state index is 12.3. The number of benzene rings is 2. The van der Waals surface area contributed by atoms with Gasteiger partial charge in [0.05, 0.1) is 0 Å². The van der Waals surface area contributed by atoms with Crippen LogP contribution in [0, 0.1) is 6.92 Å². The number of carbonyl (C=O) groups excluding carboxylic acids is 1. The molecule has 0 bridgehead atoms. The van der Waals surface area contributed by atoms with Crippen LogP contribution in [0.3, 0.4) is 0 Å². The number of aryl methyl sites for hydroxylation is 1. The lowest BCUT2D eigenvalue weighted by atomic mass is 10.1. The number of anilines is 1. The zero-order valence-corrected chi connectivity index (χ0v) is 13.0. The van der Waals surface area contributed by atoms with Crippen LogP contribution in [0.2, 0.25) is 0 Å². The quantitative estimate of drug-likeness (QED) is 0.743. The molecule has 0 aliphatic rings. The molecule has 1 aromatic heterocycles. The highest BCUT2D eigenvalue weighted by atomic mass is 79.9. The van der Waals surface area contributed by atoms with E-state index in [1.807, 2.05) is 43.3 Å². The average molecular weight is 341 g/mol. The summed E-state index contributed by atoms with van der Waals surface area (Å²) in [5.41, 5.74) is 2.23. The van der Waals surface area contributed by atoms with Gasteiger partial charge in [-0.15, -0.1) is 0 Å². The summed E-state index contributed by atoms with van der Waals surface area (Å²) in [6.07, 6.45) is 1.64. The summed E-state index contributed by atoms with van der Waals surface area (Å²) in [5, 5.41) is 5.04. The van der Waals surface area contributed by atoms with Crippen molar-refractivity contribution < 1.29 is 4.79 Å². The number of rotatable bonds is 2. The van der Waals surface area contributed by atoms with E-state index in [-0.39, 0.29) is 5.91 Å². The summed E-state index contributed by atoms with van der Waals surface area (Å²) >= 11 is 3.53. The van der Waals surface area contributed by atoms with Gasteiger partial charge >= 0.3 is 0 Å². The van der Waals surface area contributed by atoms with E-state index in [4.69, 9.17) is 0 Å². The molecule has 104 valence electrons. The van der Waals surface area contributed by atoms with Gasteiger partial charge in [-0.25, -0.2) is 0 Å². The minimum absolute atomic E-state index is 0.132. The third kappa shape index (κ3) is 2.81. The van der Waals surface area contributed by atoms with E-state index in [1.165, 1.54) is 0 Å². The molecule has 0 aliphatic carbocycles. The van der Waals surface area contributed by atoms with Crippen LogP contribution < -0.4 is 5.32 Å². The molecule has 0 atom stereocenters. The molecule has 3 aromatic rings. The van der Waals surface area contributed by atoms with Crippen LogP contribution in [0.15, 0.2) is 59.2 Å². The number of halogens is 1. The number of pyridine rings is 1. The van der Waals surface area contributed by atoms with E-state index in [2.05, 4.69) is 26.2 Å².